The number of halogens is 1. The van der Waals surface area contributed by atoms with Gasteiger partial charge in [-0.3, -0.25) is 4.79 Å². The van der Waals surface area contributed by atoms with E-state index >= 15 is 0 Å². The van der Waals surface area contributed by atoms with E-state index in [0.717, 1.165) is 17.0 Å². The molecule has 130 valence electrons. The number of carbonyl (C=O) groups excluding carboxylic acids is 1. The van der Waals surface area contributed by atoms with Gasteiger partial charge in [0.25, 0.3) is 0 Å². The van der Waals surface area contributed by atoms with Crippen molar-refractivity contribution in [1.82, 2.24) is 10.1 Å². The van der Waals surface area contributed by atoms with Gasteiger partial charge in [-0.15, -0.1) is 23.1 Å². The van der Waals surface area contributed by atoms with Crippen LogP contribution in [0.25, 0.3) is 11.3 Å². The van der Waals surface area contributed by atoms with Gasteiger partial charge >= 0.3 is 0 Å². The van der Waals surface area contributed by atoms with E-state index in [4.69, 9.17) is 4.52 Å². The molecule has 0 spiro atoms. The van der Waals surface area contributed by atoms with Gasteiger partial charge < -0.3 is 9.84 Å². The molecule has 0 unspecified atom stereocenters. The second-order valence-corrected chi connectivity index (χ2v) is 7.24. The van der Waals surface area contributed by atoms with Crippen molar-refractivity contribution in [1.29, 1.82) is 0 Å². The van der Waals surface area contributed by atoms with Gasteiger partial charge in [-0.1, -0.05) is 17.3 Å². The topological polar surface area (TPSA) is 68.0 Å². The van der Waals surface area contributed by atoms with Crippen LogP contribution >= 0.6 is 23.1 Å². The van der Waals surface area contributed by atoms with Gasteiger partial charge in [-0.05, 0) is 26.0 Å². The van der Waals surface area contributed by atoms with E-state index in [1.807, 2.05) is 13.8 Å². The van der Waals surface area contributed by atoms with Gasteiger partial charge in [0.1, 0.15) is 11.6 Å². The van der Waals surface area contributed by atoms with Crippen LogP contribution < -0.4 is 5.32 Å². The van der Waals surface area contributed by atoms with Crippen molar-refractivity contribution in [2.45, 2.75) is 19.6 Å². The molecular formula is C17H16FN3O2S2. The van der Waals surface area contributed by atoms with Gasteiger partial charge in [0.05, 0.1) is 17.1 Å². The first-order valence-corrected chi connectivity index (χ1v) is 9.57. The van der Waals surface area contributed by atoms with Gasteiger partial charge in [0.15, 0.2) is 5.13 Å². The summed E-state index contributed by atoms with van der Waals surface area (Å²) in [5, 5.41) is 8.96. The number of anilines is 1. The third-order valence-corrected chi connectivity index (χ3v) is 5.25. The standard InChI is InChI=1S/C17H16FN3O2S2/c1-10-14(11(2)23-21-10)7-24-9-16(22)20-17-19-15(8-25-17)12-4-3-5-13(18)6-12/h3-6,8H,7,9H2,1-2H3,(H,19,20,22). The van der Waals surface area contributed by atoms with E-state index in [-0.39, 0.29) is 11.7 Å². The maximum Gasteiger partial charge on any atom is 0.236 e. The summed E-state index contributed by atoms with van der Waals surface area (Å²) in [6.07, 6.45) is 0. The highest BCUT2D eigenvalue weighted by Crippen LogP contribution is 2.25. The number of carbonyl (C=O) groups is 1. The van der Waals surface area contributed by atoms with Crippen LogP contribution in [0.3, 0.4) is 0 Å². The van der Waals surface area contributed by atoms with Crippen molar-refractivity contribution >= 4 is 34.1 Å². The van der Waals surface area contributed by atoms with Crippen molar-refractivity contribution in [2.75, 3.05) is 11.1 Å². The number of rotatable bonds is 6. The number of amides is 1. The van der Waals surface area contributed by atoms with Crippen LogP contribution in [-0.4, -0.2) is 21.8 Å². The first-order valence-electron chi connectivity index (χ1n) is 7.53. The Labute approximate surface area is 152 Å². The number of hydrogen-bond acceptors (Lipinski definition) is 6. The van der Waals surface area contributed by atoms with Crippen molar-refractivity contribution in [3.63, 3.8) is 0 Å². The van der Waals surface area contributed by atoms with Gasteiger partial charge in [-0.2, -0.15) is 0 Å². The molecule has 0 atom stereocenters. The average molecular weight is 377 g/mol. The molecule has 3 rings (SSSR count). The minimum atomic E-state index is -0.313. The summed E-state index contributed by atoms with van der Waals surface area (Å²) >= 11 is 2.80. The molecule has 0 aliphatic heterocycles. The van der Waals surface area contributed by atoms with Crippen LogP contribution in [0.2, 0.25) is 0 Å². The molecule has 0 bridgehead atoms. The molecule has 3 aromatic rings. The molecule has 2 aromatic heterocycles. The lowest BCUT2D eigenvalue weighted by molar-refractivity contribution is -0.113. The fraction of sp³-hybridized carbons (Fsp3) is 0.235. The predicted molar refractivity (Wildman–Crippen MR) is 98.3 cm³/mol. The molecule has 25 heavy (non-hydrogen) atoms. The molecule has 1 aromatic carbocycles. The summed E-state index contributed by atoms with van der Waals surface area (Å²) in [6, 6.07) is 6.21. The molecule has 8 heteroatoms. The molecule has 2 heterocycles. The highest BCUT2D eigenvalue weighted by Gasteiger charge is 2.12. The molecule has 5 nitrogen and oxygen atoms in total. The van der Waals surface area contributed by atoms with Crippen molar-refractivity contribution < 1.29 is 13.7 Å². The lowest BCUT2D eigenvalue weighted by Crippen LogP contribution is -2.14. The minimum absolute atomic E-state index is 0.128. The molecule has 0 saturated heterocycles. The van der Waals surface area contributed by atoms with Crippen LogP contribution in [0.1, 0.15) is 17.0 Å². The molecule has 0 saturated carbocycles. The number of nitrogens with zero attached hydrogens (tertiary/aromatic N) is 2. The molecular weight excluding hydrogens is 361 g/mol. The highest BCUT2D eigenvalue weighted by atomic mass is 32.2. The number of thioether (sulfide) groups is 1. The lowest BCUT2D eigenvalue weighted by atomic mass is 10.2. The van der Waals surface area contributed by atoms with Gasteiger partial charge in [-0.25, -0.2) is 9.37 Å². The Morgan fingerprint density at radius 1 is 1.40 bits per heavy atom. The number of benzene rings is 1. The average Bonchev–Trinajstić information content (AvgIpc) is 3.16. The summed E-state index contributed by atoms with van der Waals surface area (Å²) in [5.41, 5.74) is 3.21. The van der Waals surface area contributed by atoms with Crippen molar-refractivity contribution in [3.8, 4) is 11.3 Å². The van der Waals surface area contributed by atoms with Crippen LogP contribution in [0, 0.1) is 19.7 Å². The molecule has 1 amide bonds. The summed E-state index contributed by atoms with van der Waals surface area (Å²) in [4.78, 5) is 16.4. The van der Waals surface area contributed by atoms with Crippen molar-refractivity contribution in [2.24, 2.45) is 0 Å². The molecule has 1 N–H and O–H groups in total. The van der Waals surface area contributed by atoms with Crippen LogP contribution in [0.15, 0.2) is 34.2 Å². The van der Waals surface area contributed by atoms with E-state index < -0.39 is 0 Å². The van der Waals surface area contributed by atoms with Crippen molar-refractivity contribution in [3.05, 3.63) is 52.5 Å². The fourth-order valence-corrected chi connectivity index (χ4v) is 3.93. The second kappa shape index (κ2) is 7.79. The Hall–Kier alpha value is -2.19. The molecule has 0 fully saturated rings. The Morgan fingerprint density at radius 2 is 2.24 bits per heavy atom. The van der Waals surface area contributed by atoms with E-state index in [9.17, 15) is 9.18 Å². The van der Waals surface area contributed by atoms with E-state index in [2.05, 4.69) is 15.5 Å². The van der Waals surface area contributed by atoms with Crippen LogP contribution in [-0.2, 0) is 10.5 Å². The number of hydrogen-bond donors (Lipinski definition) is 1. The number of nitrogens with one attached hydrogen (secondary N) is 1. The first-order chi connectivity index (χ1) is 12.0. The Bertz CT molecular complexity index is 872. The molecule has 0 aliphatic carbocycles. The van der Waals surface area contributed by atoms with E-state index in [0.29, 0.717) is 27.9 Å². The number of aryl methyl sites for hydroxylation is 2. The smallest absolute Gasteiger partial charge is 0.236 e. The maximum atomic E-state index is 13.3. The molecule has 0 radical (unpaired) electrons. The van der Waals surface area contributed by atoms with Crippen LogP contribution in [0.4, 0.5) is 9.52 Å². The minimum Gasteiger partial charge on any atom is -0.361 e. The Kier molecular flexibility index (Phi) is 5.50. The summed E-state index contributed by atoms with van der Waals surface area (Å²) in [7, 11) is 0. The maximum absolute atomic E-state index is 13.3. The summed E-state index contributed by atoms with van der Waals surface area (Å²) < 4.78 is 18.4. The Balaban J connectivity index is 1.53. The van der Waals surface area contributed by atoms with Gasteiger partial charge in [0.2, 0.25) is 5.91 Å². The zero-order chi connectivity index (χ0) is 17.8. The van der Waals surface area contributed by atoms with E-state index in [1.54, 1.807) is 17.5 Å². The first kappa shape index (κ1) is 17.6. The summed E-state index contributed by atoms with van der Waals surface area (Å²) in [6.45, 7) is 3.75. The van der Waals surface area contributed by atoms with Crippen LogP contribution in [0.5, 0.6) is 0 Å². The SMILES string of the molecule is Cc1noc(C)c1CSCC(=O)Nc1nc(-c2cccc(F)c2)cs1. The molecule has 0 aliphatic rings. The summed E-state index contributed by atoms with van der Waals surface area (Å²) in [5.74, 6) is 1.31. The normalized spacial score (nSPS) is 10.8. The number of thiazole rings is 1. The van der Waals surface area contributed by atoms with Gasteiger partial charge in [0, 0.05) is 22.3 Å². The largest absolute Gasteiger partial charge is 0.361 e. The zero-order valence-electron chi connectivity index (χ0n) is 13.7. The fourth-order valence-electron chi connectivity index (χ4n) is 2.22. The third kappa shape index (κ3) is 4.46. The lowest BCUT2D eigenvalue weighted by Gasteiger charge is -2.02. The quantitative estimate of drug-likeness (QED) is 0.688. The predicted octanol–water partition coefficient (Wildman–Crippen LogP) is 4.43. The number of aromatic nitrogens is 2. The Morgan fingerprint density at radius 3 is 2.96 bits per heavy atom. The zero-order valence-corrected chi connectivity index (χ0v) is 15.3. The monoisotopic (exact) mass is 377 g/mol. The highest BCUT2D eigenvalue weighted by molar-refractivity contribution is 7.99. The third-order valence-electron chi connectivity index (χ3n) is 3.53. The second-order valence-electron chi connectivity index (χ2n) is 5.39. The van der Waals surface area contributed by atoms with E-state index in [1.165, 1.54) is 35.2 Å².